The SMILES string of the molecule is CCOC(=O)C1CCCN(c2ncnc(Nc3ccc(F)cc3F)c2N)C1. The van der Waals surface area contributed by atoms with E-state index in [-0.39, 0.29) is 29.1 Å². The predicted molar refractivity (Wildman–Crippen MR) is 97.7 cm³/mol. The first-order valence-corrected chi connectivity index (χ1v) is 8.73. The fraction of sp³-hybridized carbons (Fsp3) is 0.389. The molecule has 1 aliphatic rings. The Morgan fingerprint density at radius 1 is 1.41 bits per heavy atom. The van der Waals surface area contributed by atoms with Crippen molar-refractivity contribution in [3.63, 3.8) is 0 Å². The second-order valence-corrected chi connectivity index (χ2v) is 6.25. The minimum atomic E-state index is -0.755. The first-order valence-electron chi connectivity index (χ1n) is 8.73. The van der Waals surface area contributed by atoms with Gasteiger partial charge in [-0.3, -0.25) is 4.79 Å². The van der Waals surface area contributed by atoms with Crippen LogP contribution in [-0.4, -0.2) is 35.6 Å². The highest BCUT2D eigenvalue weighted by Crippen LogP contribution is 2.32. The van der Waals surface area contributed by atoms with Crippen molar-refractivity contribution in [1.82, 2.24) is 9.97 Å². The van der Waals surface area contributed by atoms with Crippen molar-refractivity contribution in [2.45, 2.75) is 19.8 Å². The van der Waals surface area contributed by atoms with Gasteiger partial charge in [0.1, 0.15) is 23.6 Å². The zero-order chi connectivity index (χ0) is 19.4. The topological polar surface area (TPSA) is 93.4 Å². The number of nitrogens with one attached hydrogen (secondary N) is 1. The number of nitrogens with two attached hydrogens (primary N) is 1. The maximum atomic E-state index is 13.9. The van der Waals surface area contributed by atoms with Crippen molar-refractivity contribution in [3.8, 4) is 0 Å². The fourth-order valence-corrected chi connectivity index (χ4v) is 3.08. The summed E-state index contributed by atoms with van der Waals surface area (Å²) in [7, 11) is 0. The predicted octanol–water partition coefficient (Wildman–Crippen LogP) is 2.86. The van der Waals surface area contributed by atoms with Crippen LogP contribution in [0.4, 0.5) is 31.8 Å². The highest BCUT2D eigenvalue weighted by molar-refractivity contribution is 5.79. The average Bonchev–Trinajstić information content (AvgIpc) is 2.66. The van der Waals surface area contributed by atoms with Crippen LogP contribution in [0.15, 0.2) is 24.5 Å². The van der Waals surface area contributed by atoms with Gasteiger partial charge in [0.05, 0.1) is 18.2 Å². The molecule has 9 heteroatoms. The smallest absolute Gasteiger partial charge is 0.310 e. The summed E-state index contributed by atoms with van der Waals surface area (Å²) in [5.74, 6) is -1.24. The van der Waals surface area contributed by atoms with Gasteiger partial charge in [-0.15, -0.1) is 0 Å². The first kappa shape index (κ1) is 18.8. The van der Waals surface area contributed by atoms with Crippen LogP contribution in [0.3, 0.4) is 0 Å². The molecule has 0 radical (unpaired) electrons. The molecule has 27 heavy (non-hydrogen) atoms. The summed E-state index contributed by atoms with van der Waals surface area (Å²) in [5.41, 5.74) is 6.46. The number of carbonyl (C=O) groups is 1. The summed E-state index contributed by atoms with van der Waals surface area (Å²) in [4.78, 5) is 22.2. The number of anilines is 4. The van der Waals surface area contributed by atoms with Crippen molar-refractivity contribution in [2.24, 2.45) is 5.92 Å². The summed E-state index contributed by atoms with van der Waals surface area (Å²) in [6.07, 6.45) is 2.85. The van der Waals surface area contributed by atoms with E-state index < -0.39 is 11.6 Å². The second-order valence-electron chi connectivity index (χ2n) is 6.25. The van der Waals surface area contributed by atoms with Crippen molar-refractivity contribution >= 4 is 29.0 Å². The summed E-state index contributed by atoms with van der Waals surface area (Å²) in [5, 5.41) is 2.77. The number of hydrogen-bond acceptors (Lipinski definition) is 7. The van der Waals surface area contributed by atoms with Crippen LogP contribution in [0, 0.1) is 17.6 Å². The van der Waals surface area contributed by atoms with Crippen LogP contribution in [0.1, 0.15) is 19.8 Å². The van der Waals surface area contributed by atoms with Gasteiger partial charge < -0.3 is 20.7 Å². The van der Waals surface area contributed by atoms with E-state index in [0.717, 1.165) is 25.0 Å². The molecular formula is C18H21F2N5O2. The Hall–Kier alpha value is -2.97. The zero-order valence-corrected chi connectivity index (χ0v) is 14.9. The number of carbonyl (C=O) groups excluding carboxylic acids is 1. The van der Waals surface area contributed by atoms with Crippen LogP contribution in [0.25, 0.3) is 0 Å². The fourth-order valence-electron chi connectivity index (χ4n) is 3.08. The van der Waals surface area contributed by atoms with E-state index in [9.17, 15) is 13.6 Å². The molecule has 0 saturated carbocycles. The normalized spacial score (nSPS) is 16.9. The molecule has 0 aliphatic carbocycles. The van der Waals surface area contributed by atoms with Gasteiger partial charge in [0, 0.05) is 19.2 Å². The van der Waals surface area contributed by atoms with E-state index in [1.165, 1.54) is 12.4 Å². The number of aromatic nitrogens is 2. The third-order valence-corrected chi connectivity index (χ3v) is 4.39. The zero-order valence-electron chi connectivity index (χ0n) is 14.9. The lowest BCUT2D eigenvalue weighted by Crippen LogP contribution is -2.40. The molecule has 3 N–H and O–H groups in total. The summed E-state index contributed by atoms with van der Waals surface area (Å²) in [6.45, 7) is 3.22. The number of piperidine rings is 1. The molecule has 1 aliphatic heterocycles. The lowest BCUT2D eigenvalue weighted by Gasteiger charge is -2.33. The summed E-state index contributed by atoms with van der Waals surface area (Å²) >= 11 is 0. The van der Waals surface area contributed by atoms with Gasteiger partial charge >= 0.3 is 5.97 Å². The minimum absolute atomic E-state index is 0.0517. The first-order chi connectivity index (χ1) is 13.0. The molecule has 1 fully saturated rings. The lowest BCUT2D eigenvalue weighted by molar-refractivity contribution is -0.148. The number of esters is 1. The Labute approximate surface area is 155 Å². The number of nitrogen functional groups attached to an aromatic ring is 1. The van der Waals surface area contributed by atoms with Gasteiger partial charge in [-0.25, -0.2) is 18.7 Å². The van der Waals surface area contributed by atoms with Gasteiger partial charge in [0.2, 0.25) is 0 Å². The van der Waals surface area contributed by atoms with Crippen LogP contribution in [-0.2, 0) is 9.53 Å². The lowest BCUT2D eigenvalue weighted by atomic mass is 9.98. The Balaban J connectivity index is 1.81. The van der Waals surface area contributed by atoms with E-state index >= 15 is 0 Å². The molecule has 2 aromatic rings. The number of rotatable bonds is 5. The number of halogens is 2. The molecule has 1 aromatic carbocycles. The Morgan fingerprint density at radius 2 is 2.22 bits per heavy atom. The quantitative estimate of drug-likeness (QED) is 0.774. The Bertz CT molecular complexity index is 833. The van der Waals surface area contributed by atoms with E-state index in [0.29, 0.717) is 25.5 Å². The summed E-state index contributed by atoms with van der Waals surface area (Å²) < 4.78 is 32.1. The number of nitrogens with zero attached hydrogens (tertiary/aromatic N) is 3. The van der Waals surface area contributed by atoms with Crippen molar-refractivity contribution in [3.05, 3.63) is 36.2 Å². The van der Waals surface area contributed by atoms with E-state index in [4.69, 9.17) is 10.5 Å². The molecule has 1 aromatic heterocycles. The Morgan fingerprint density at radius 3 is 2.96 bits per heavy atom. The monoisotopic (exact) mass is 377 g/mol. The minimum Gasteiger partial charge on any atom is -0.466 e. The van der Waals surface area contributed by atoms with Crippen LogP contribution in [0.2, 0.25) is 0 Å². The highest BCUT2D eigenvalue weighted by atomic mass is 19.1. The molecule has 0 spiro atoms. The van der Waals surface area contributed by atoms with Crippen molar-refractivity contribution in [1.29, 1.82) is 0 Å². The Kier molecular flexibility index (Phi) is 5.68. The molecule has 0 bridgehead atoms. The van der Waals surface area contributed by atoms with Crippen molar-refractivity contribution in [2.75, 3.05) is 35.6 Å². The molecule has 1 saturated heterocycles. The standard InChI is InChI=1S/C18H21F2N5O2/c1-2-27-18(26)11-4-3-7-25(9-11)17-15(21)16(22-10-23-17)24-14-6-5-12(19)8-13(14)20/h5-6,8,10-11H,2-4,7,9,21H2,1H3,(H,22,23,24). The van der Waals surface area contributed by atoms with Gasteiger partial charge in [-0.1, -0.05) is 0 Å². The molecule has 2 heterocycles. The van der Waals surface area contributed by atoms with Crippen LogP contribution in [0.5, 0.6) is 0 Å². The molecule has 1 unspecified atom stereocenters. The molecule has 0 amide bonds. The van der Waals surface area contributed by atoms with Gasteiger partial charge in [-0.2, -0.15) is 0 Å². The van der Waals surface area contributed by atoms with Gasteiger partial charge in [0.15, 0.2) is 11.6 Å². The molecule has 1 atom stereocenters. The third-order valence-electron chi connectivity index (χ3n) is 4.39. The van der Waals surface area contributed by atoms with E-state index in [1.807, 2.05) is 4.90 Å². The van der Waals surface area contributed by atoms with Crippen LogP contribution < -0.4 is 16.0 Å². The molecular weight excluding hydrogens is 356 g/mol. The number of benzene rings is 1. The summed E-state index contributed by atoms with van der Waals surface area (Å²) in [6, 6.07) is 3.18. The largest absolute Gasteiger partial charge is 0.466 e. The highest BCUT2D eigenvalue weighted by Gasteiger charge is 2.29. The molecule has 3 rings (SSSR count). The maximum Gasteiger partial charge on any atom is 0.310 e. The van der Waals surface area contributed by atoms with E-state index in [2.05, 4.69) is 15.3 Å². The second kappa shape index (κ2) is 8.15. The van der Waals surface area contributed by atoms with Crippen molar-refractivity contribution < 1.29 is 18.3 Å². The number of ether oxygens (including phenoxy) is 1. The van der Waals surface area contributed by atoms with Crippen LogP contribution >= 0.6 is 0 Å². The molecule has 7 nitrogen and oxygen atoms in total. The maximum absolute atomic E-state index is 13.9. The van der Waals surface area contributed by atoms with Gasteiger partial charge in [0.25, 0.3) is 0 Å². The number of hydrogen-bond donors (Lipinski definition) is 2. The van der Waals surface area contributed by atoms with E-state index in [1.54, 1.807) is 6.92 Å². The average molecular weight is 377 g/mol. The van der Waals surface area contributed by atoms with Gasteiger partial charge in [-0.05, 0) is 31.9 Å². The third kappa shape index (κ3) is 4.24. The molecule has 144 valence electrons.